The van der Waals surface area contributed by atoms with Crippen LogP contribution in [0.25, 0.3) is 0 Å². The van der Waals surface area contributed by atoms with Gasteiger partial charge in [0.05, 0.1) is 18.2 Å². The van der Waals surface area contributed by atoms with E-state index in [0.29, 0.717) is 12.5 Å². The molecule has 1 aromatic rings. The lowest BCUT2D eigenvalue weighted by molar-refractivity contribution is -0.151. The van der Waals surface area contributed by atoms with E-state index in [0.717, 1.165) is 12.1 Å². The Morgan fingerprint density at radius 2 is 2.33 bits per heavy atom. The van der Waals surface area contributed by atoms with E-state index in [9.17, 15) is 4.79 Å². The normalized spacial score (nSPS) is 16.1. The molecule has 1 heterocycles. The van der Waals surface area contributed by atoms with Crippen molar-refractivity contribution in [3.05, 3.63) is 18.0 Å². The molecule has 2 unspecified atom stereocenters. The fourth-order valence-corrected chi connectivity index (χ4v) is 1.78. The molecule has 0 bridgehead atoms. The predicted molar refractivity (Wildman–Crippen MR) is 70.1 cm³/mol. The van der Waals surface area contributed by atoms with Crippen LogP contribution in [0.2, 0.25) is 0 Å². The van der Waals surface area contributed by atoms with Gasteiger partial charge in [0, 0.05) is 25.2 Å². The molecule has 5 nitrogen and oxygen atoms in total. The summed E-state index contributed by atoms with van der Waals surface area (Å²) in [5.41, 5.74) is 5.85. The summed E-state index contributed by atoms with van der Waals surface area (Å²) < 4.78 is 6.72. The molecule has 0 aliphatic carbocycles. The highest BCUT2D eigenvalue weighted by molar-refractivity contribution is 5.76. The number of nitrogens with two attached hydrogens (primary N) is 1. The quantitative estimate of drug-likeness (QED) is 0.781. The molecule has 102 valence electrons. The van der Waals surface area contributed by atoms with Gasteiger partial charge in [-0.25, -0.2) is 0 Å². The van der Waals surface area contributed by atoms with Crippen molar-refractivity contribution in [2.45, 2.75) is 39.7 Å². The van der Waals surface area contributed by atoms with Crippen LogP contribution in [0, 0.1) is 5.41 Å². The topological polar surface area (TPSA) is 70.1 Å². The molecule has 0 aromatic carbocycles. The molecule has 0 saturated heterocycles. The van der Waals surface area contributed by atoms with Crippen LogP contribution in [0.5, 0.6) is 0 Å². The molecule has 0 saturated carbocycles. The largest absolute Gasteiger partial charge is 0.469 e. The maximum atomic E-state index is 11.7. The Morgan fingerprint density at radius 3 is 2.83 bits per heavy atom. The average Bonchev–Trinajstić information content (AvgIpc) is 2.84. The number of hydrogen-bond donors (Lipinski definition) is 1. The monoisotopic (exact) mass is 253 g/mol. The van der Waals surface area contributed by atoms with E-state index in [-0.39, 0.29) is 12.5 Å². The molecule has 0 aliphatic rings. The van der Waals surface area contributed by atoms with E-state index < -0.39 is 5.41 Å². The first-order chi connectivity index (χ1) is 8.46. The highest BCUT2D eigenvalue weighted by Gasteiger charge is 2.34. The van der Waals surface area contributed by atoms with E-state index in [4.69, 9.17) is 10.5 Å². The first-order valence-corrected chi connectivity index (χ1v) is 6.29. The van der Waals surface area contributed by atoms with Crippen molar-refractivity contribution >= 4 is 5.97 Å². The van der Waals surface area contributed by atoms with Crippen molar-refractivity contribution in [3.8, 4) is 0 Å². The molecule has 0 aliphatic heterocycles. The van der Waals surface area contributed by atoms with Crippen molar-refractivity contribution in [2.24, 2.45) is 11.1 Å². The van der Waals surface area contributed by atoms with Gasteiger partial charge in [0.1, 0.15) is 0 Å². The third-order valence-corrected chi connectivity index (χ3v) is 3.41. The van der Waals surface area contributed by atoms with Crippen LogP contribution in [0.15, 0.2) is 12.3 Å². The fourth-order valence-electron chi connectivity index (χ4n) is 1.78. The number of ether oxygens (including phenoxy) is 1. The summed E-state index contributed by atoms with van der Waals surface area (Å²) >= 11 is 0. The van der Waals surface area contributed by atoms with Crippen molar-refractivity contribution < 1.29 is 9.53 Å². The second-order valence-electron chi connectivity index (χ2n) is 4.98. The fraction of sp³-hybridized carbons (Fsp3) is 0.692. The molecule has 1 rings (SSSR count). The maximum absolute atomic E-state index is 11.7. The molecule has 2 atom stereocenters. The highest BCUT2D eigenvalue weighted by atomic mass is 16.5. The lowest BCUT2D eigenvalue weighted by Gasteiger charge is -2.23. The van der Waals surface area contributed by atoms with Gasteiger partial charge in [-0.3, -0.25) is 9.48 Å². The molecule has 0 amide bonds. The summed E-state index contributed by atoms with van der Waals surface area (Å²) in [5.74, 6) is -0.289. The van der Waals surface area contributed by atoms with Gasteiger partial charge < -0.3 is 10.5 Å². The van der Waals surface area contributed by atoms with E-state index in [1.807, 2.05) is 16.9 Å². The molecule has 18 heavy (non-hydrogen) atoms. The molecule has 0 radical (unpaired) electrons. The lowest BCUT2D eigenvalue weighted by Crippen LogP contribution is -2.38. The van der Waals surface area contributed by atoms with Gasteiger partial charge in [-0.2, -0.15) is 5.10 Å². The van der Waals surface area contributed by atoms with Crippen LogP contribution in [0.4, 0.5) is 0 Å². The second kappa shape index (κ2) is 6.00. The summed E-state index contributed by atoms with van der Waals surface area (Å²) in [6.45, 7) is 6.28. The molecule has 5 heteroatoms. The van der Waals surface area contributed by atoms with Gasteiger partial charge >= 0.3 is 5.97 Å². The first kappa shape index (κ1) is 14.7. The zero-order chi connectivity index (χ0) is 13.8. The Labute approximate surface area is 108 Å². The van der Waals surface area contributed by atoms with Crippen LogP contribution in [0.3, 0.4) is 0 Å². The SMILES string of the molecule is CCC(C)n1ccc(CC(C)(CN)C(=O)OC)n1. The molecule has 2 N–H and O–H groups in total. The van der Waals surface area contributed by atoms with Gasteiger partial charge in [0.25, 0.3) is 0 Å². The molecular weight excluding hydrogens is 230 g/mol. The van der Waals surface area contributed by atoms with Gasteiger partial charge in [0.2, 0.25) is 0 Å². The van der Waals surface area contributed by atoms with Crippen LogP contribution in [0.1, 0.15) is 38.9 Å². The summed E-state index contributed by atoms with van der Waals surface area (Å²) in [7, 11) is 1.38. The maximum Gasteiger partial charge on any atom is 0.313 e. The molecule has 1 aromatic heterocycles. The van der Waals surface area contributed by atoms with E-state index in [1.165, 1.54) is 7.11 Å². The minimum Gasteiger partial charge on any atom is -0.469 e. The number of esters is 1. The standard InChI is InChI=1S/C13H23N3O2/c1-5-10(2)16-7-6-11(15-16)8-13(3,9-14)12(17)18-4/h6-7,10H,5,8-9,14H2,1-4H3. The Bertz CT molecular complexity index is 403. The predicted octanol–water partition coefficient (Wildman–Crippen LogP) is 1.53. The Balaban J connectivity index is 2.83. The van der Waals surface area contributed by atoms with Gasteiger partial charge in [0.15, 0.2) is 0 Å². The summed E-state index contributed by atoms with van der Waals surface area (Å²) in [6.07, 6.45) is 3.46. The van der Waals surface area contributed by atoms with Crippen molar-refractivity contribution in [2.75, 3.05) is 13.7 Å². The Morgan fingerprint density at radius 1 is 1.67 bits per heavy atom. The highest BCUT2D eigenvalue weighted by Crippen LogP contribution is 2.22. The third-order valence-electron chi connectivity index (χ3n) is 3.41. The van der Waals surface area contributed by atoms with Crippen molar-refractivity contribution in [3.63, 3.8) is 0 Å². The molecular formula is C13H23N3O2. The smallest absolute Gasteiger partial charge is 0.313 e. The number of carbonyl (C=O) groups excluding carboxylic acids is 1. The van der Waals surface area contributed by atoms with Crippen molar-refractivity contribution in [1.82, 2.24) is 9.78 Å². The number of methoxy groups -OCH3 is 1. The van der Waals surface area contributed by atoms with Crippen LogP contribution in [-0.2, 0) is 16.0 Å². The summed E-state index contributed by atoms with van der Waals surface area (Å²) in [4.78, 5) is 11.7. The van der Waals surface area contributed by atoms with Crippen LogP contribution < -0.4 is 5.73 Å². The van der Waals surface area contributed by atoms with E-state index in [2.05, 4.69) is 18.9 Å². The average molecular weight is 253 g/mol. The van der Waals surface area contributed by atoms with Crippen LogP contribution in [-0.4, -0.2) is 29.4 Å². The van der Waals surface area contributed by atoms with Crippen molar-refractivity contribution in [1.29, 1.82) is 0 Å². The zero-order valence-corrected chi connectivity index (χ0v) is 11.6. The lowest BCUT2D eigenvalue weighted by atomic mass is 9.85. The minimum absolute atomic E-state index is 0.246. The Kier molecular flexibility index (Phi) is 4.90. The molecule has 0 spiro atoms. The summed E-state index contributed by atoms with van der Waals surface area (Å²) in [6, 6.07) is 2.30. The number of aromatic nitrogens is 2. The van der Waals surface area contributed by atoms with E-state index >= 15 is 0 Å². The minimum atomic E-state index is -0.705. The number of nitrogens with zero attached hydrogens (tertiary/aromatic N) is 2. The third kappa shape index (κ3) is 3.10. The number of carbonyl (C=O) groups is 1. The molecule has 0 fully saturated rings. The zero-order valence-electron chi connectivity index (χ0n) is 11.6. The van der Waals surface area contributed by atoms with E-state index in [1.54, 1.807) is 6.92 Å². The number of hydrogen-bond acceptors (Lipinski definition) is 4. The van der Waals surface area contributed by atoms with Gasteiger partial charge in [-0.05, 0) is 26.3 Å². The second-order valence-corrected chi connectivity index (χ2v) is 4.98. The van der Waals surface area contributed by atoms with Crippen LogP contribution >= 0.6 is 0 Å². The Hall–Kier alpha value is -1.36. The summed E-state index contributed by atoms with van der Waals surface area (Å²) in [5, 5.41) is 4.48. The number of rotatable bonds is 6. The van der Waals surface area contributed by atoms with Gasteiger partial charge in [-0.1, -0.05) is 6.92 Å². The van der Waals surface area contributed by atoms with Gasteiger partial charge in [-0.15, -0.1) is 0 Å². The first-order valence-electron chi connectivity index (χ1n) is 6.29.